The SMILES string of the molecule is Cc1ccc(C)c(C(=O)COC(=O)c2cc(-c3ccc(Br)cc3)nc3ccc(Br)cc23)c1. The number of ether oxygens (including phenoxy) is 1. The zero-order valence-corrected chi connectivity index (χ0v) is 20.7. The molecule has 0 atom stereocenters. The fourth-order valence-corrected chi connectivity index (χ4v) is 4.08. The number of hydrogen-bond acceptors (Lipinski definition) is 4. The number of aromatic nitrogens is 1. The number of benzene rings is 3. The van der Waals surface area contributed by atoms with Gasteiger partial charge in [-0.05, 0) is 61.9 Å². The molecule has 4 aromatic rings. The van der Waals surface area contributed by atoms with E-state index in [-0.39, 0.29) is 12.4 Å². The molecule has 0 N–H and O–H groups in total. The Morgan fingerprint density at radius 2 is 1.56 bits per heavy atom. The van der Waals surface area contributed by atoms with E-state index in [1.54, 1.807) is 6.07 Å². The Labute approximate surface area is 202 Å². The van der Waals surface area contributed by atoms with Crippen molar-refractivity contribution in [1.82, 2.24) is 4.98 Å². The van der Waals surface area contributed by atoms with E-state index in [4.69, 9.17) is 9.72 Å². The van der Waals surface area contributed by atoms with Crippen LogP contribution in [0.2, 0.25) is 0 Å². The molecule has 3 aromatic carbocycles. The second-order valence-electron chi connectivity index (χ2n) is 7.54. The number of ketones is 1. The van der Waals surface area contributed by atoms with Crippen molar-refractivity contribution in [1.29, 1.82) is 0 Å². The van der Waals surface area contributed by atoms with Gasteiger partial charge in [0, 0.05) is 25.5 Å². The first-order valence-corrected chi connectivity index (χ1v) is 11.5. The molecule has 0 saturated heterocycles. The molecule has 0 bridgehead atoms. The molecule has 0 aliphatic heterocycles. The number of Topliss-reactive ketones (excluding diaryl/α,β-unsaturated/α-hetero) is 1. The first-order valence-electron chi connectivity index (χ1n) is 9.95. The van der Waals surface area contributed by atoms with Crippen molar-refractivity contribution >= 4 is 54.5 Å². The lowest BCUT2D eigenvalue weighted by molar-refractivity contribution is 0.0476. The molecular weight excluding hydrogens is 534 g/mol. The highest BCUT2D eigenvalue weighted by Gasteiger charge is 2.18. The van der Waals surface area contributed by atoms with Crippen LogP contribution in [0.1, 0.15) is 31.8 Å². The van der Waals surface area contributed by atoms with Gasteiger partial charge in [-0.1, -0.05) is 61.7 Å². The molecule has 0 saturated carbocycles. The number of carbonyl (C=O) groups excluding carboxylic acids is 2. The maximum Gasteiger partial charge on any atom is 0.339 e. The van der Waals surface area contributed by atoms with Gasteiger partial charge in [0.25, 0.3) is 0 Å². The summed E-state index contributed by atoms with van der Waals surface area (Å²) in [5.74, 6) is -0.792. The number of fused-ring (bicyclic) bond motifs is 1. The van der Waals surface area contributed by atoms with Crippen LogP contribution in [-0.4, -0.2) is 23.3 Å². The molecule has 0 fully saturated rings. The van der Waals surface area contributed by atoms with Gasteiger partial charge in [0.15, 0.2) is 6.61 Å². The number of aryl methyl sites for hydroxylation is 2. The number of rotatable bonds is 5. The standard InChI is InChI=1S/C26H19Br2NO3/c1-15-3-4-16(2)20(11-15)25(30)14-32-26(31)22-13-24(17-5-7-18(27)8-6-17)29-23-10-9-19(28)12-21(22)23/h3-13H,14H2,1-2H3. The lowest BCUT2D eigenvalue weighted by Gasteiger charge is -2.11. The van der Waals surface area contributed by atoms with Gasteiger partial charge in [-0.2, -0.15) is 0 Å². The van der Waals surface area contributed by atoms with Gasteiger partial charge < -0.3 is 4.74 Å². The molecule has 0 radical (unpaired) electrons. The van der Waals surface area contributed by atoms with Crippen LogP contribution in [-0.2, 0) is 4.74 Å². The van der Waals surface area contributed by atoms with Gasteiger partial charge in [0.2, 0.25) is 5.78 Å². The summed E-state index contributed by atoms with van der Waals surface area (Å²) in [4.78, 5) is 30.5. The highest BCUT2D eigenvalue weighted by atomic mass is 79.9. The second kappa shape index (κ2) is 9.35. The smallest absolute Gasteiger partial charge is 0.339 e. The van der Waals surface area contributed by atoms with E-state index in [9.17, 15) is 9.59 Å². The minimum Gasteiger partial charge on any atom is -0.454 e. The van der Waals surface area contributed by atoms with Crippen LogP contribution in [0.15, 0.2) is 75.7 Å². The van der Waals surface area contributed by atoms with E-state index in [2.05, 4.69) is 31.9 Å². The summed E-state index contributed by atoms with van der Waals surface area (Å²) in [6.45, 7) is 3.47. The van der Waals surface area contributed by atoms with Gasteiger partial charge in [-0.3, -0.25) is 4.79 Å². The third kappa shape index (κ3) is 4.81. The number of carbonyl (C=O) groups is 2. The molecule has 0 aliphatic rings. The van der Waals surface area contributed by atoms with Crippen molar-refractivity contribution < 1.29 is 14.3 Å². The normalized spacial score (nSPS) is 10.9. The van der Waals surface area contributed by atoms with Crippen LogP contribution in [0.25, 0.3) is 22.2 Å². The van der Waals surface area contributed by atoms with Gasteiger partial charge in [0.05, 0.1) is 16.8 Å². The maximum absolute atomic E-state index is 13.1. The van der Waals surface area contributed by atoms with Crippen LogP contribution in [0.4, 0.5) is 0 Å². The zero-order chi connectivity index (χ0) is 22.8. The highest BCUT2D eigenvalue weighted by Crippen LogP contribution is 2.28. The Kier molecular flexibility index (Phi) is 6.53. The van der Waals surface area contributed by atoms with Gasteiger partial charge in [0.1, 0.15) is 0 Å². The second-order valence-corrected chi connectivity index (χ2v) is 9.37. The Hall–Kier alpha value is -2.83. The molecule has 6 heteroatoms. The molecule has 4 nitrogen and oxygen atoms in total. The number of pyridine rings is 1. The monoisotopic (exact) mass is 551 g/mol. The topological polar surface area (TPSA) is 56.3 Å². The summed E-state index contributed by atoms with van der Waals surface area (Å²) < 4.78 is 7.24. The van der Waals surface area contributed by atoms with Gasteiger partial charge >= 0.3 is 5.97 Å². The summed E-state index contributed by atoms with van der Waals surface area (Å²) in [5.41, 5.74) is 4.96. The third-order valence-electron chi connectivity index (χ3n) is 5.16. The van der Waals surface area contributed by atoms with Crippen molar-refractivity contribution in [3.05, 3.63) is 97.9 Å². The molecule has 0 unspecified atom stereocenters. The van der Waals surface area contributed by atoms with E-state index in [1.165, 1.54) is 0 Å². The van der Waals surface area contributed by atoms with E-state index >= 15 is 0 Å². The van der Waals surface area contributed by atoms with Crippen molar-refractivity contribution in [3.63, 3.8) is 0 Å². The summed E-state index contributed by atoms with van der Waals surface area (Å²) >= 11 is 6.89. The fourth-order valence-electron chi connectivity index (χ4n) is 3.46. The molecule has 32 heavy (non-hydrogen) atoms. The molecule has 4 rings (SSSR count). The molecule has 0 aliphatic carbocycles. The van der Waals surface area contributed by atoms with Crippen molar-refractivity contribution in [2.75, 3.05) is 6.61 Å². The third-order valence-corrected chi connectivity index (χ3v) is 6.18. The van der Waals surface area contributed by atoms with E-state index in [0.717, 1.165) is 25.6 Å². The van der Waals surface area contributed by atoms with Crippen LogP contribution in [0.5, 0.6) is 0 Å². The van der Waals surface area contributed by atoms with E-state index in [1.807, 2.05) is 74.5 Å². The summed E-state index contributed by atoms with van der Waals surface area (Å²) in [6.07, 6.45) is 0. The highest BCUT2D eigenvalue weighted by molar-refractivity contribution is 9.10. The summed E-state index contributed by atoms with van der Waals surface area (Å²) in [6, 6.07) is 20.6. The molecule has 1 aromatic heterocycles. The van der Waals surface area contributed by atoms with Gasteiger partial charge in [-0.15, -0.1) is 0 Å². The van der Waals surface area contributed by atoms with Crippen molar-refractivity contribution in [2.45, 2.75) is 13.8 Å². The van der Waals surface area contributed by atoms with Crippen LogP contribution < -0.4 is 0 Å². The number of esters is 1. The average molecular weight is 553 g/mol. The first kappa shape index (κ1) is 22.4. The van der Waals surface area contributed by atoms with Gasteiger partial charge in [-0.25, -0.2) is 9.78 Å². The molecular formula is C26H19Br2NO3. The number of nitrogens with zero attached hydrogens (tertiary/aromatic N) is 1. The molecule has 160 valence electrons. The number of hydrogen-bond donors (Lipinski definition) is 0. The van der Waals surface area contributed by atoms with Crippen molar-refractivity contribution in [3.8, 4) is 11.3 Å². The largest absolute Gasteiger partial charge is 0.454 e. The Morgan fingerprint density at radius 1 is 0.844 bits per heavy atom. The molecule has 0 amide bonds. The zero-order valence-electron chi connectivity index (χ0n) is 17.5. The minimum absolute atomic E-state index is 0.229. The Bertz CT molecular complexity index is 1350. The maximum atomic E-state index is 13.1. The van der Waals surface area contributed by atoms with E-state index < -0.39 is 5.97 Å². The van der Waals surface area contributed by atoms with Crippen LogP contribution in [0, 0.1) is 13.8 Å². The predicted octanol–water partition coefficient (Wildman–Crippen LogP) is 7.08. The predicted molar refractivity (Wildman–Crippen MR) is 133 cm³/mol. The van der Waals surface area contributed by atoms with Crippen LogP contribution >= 0.6 is 31.9 Å². The first-order chi connectivity index (χ1) is 15.3. The quantitative estimate of drug-likeness (QED) is 0.196. The van der Waals surface area contributed by atoms with Crippen molar-refractivity contribution in [2.24, 2.45) is 0 Å². The summed E-state index contributed by atoms with van der Waals surface area (Å²) in [5, 5.41) is 0.657. The fraction of sp³-hybridized carbons (Fsp3) is 0.115. The molecule has 0 spiro atoms. The Morgan fingerprint density at radius 3 is 2.31 bits per heavy atom. The average Bonchev–Trinajstić information content (AvgIpc) is 2.78. The lowest BCUT2D eigenvalue weighted by Crippen LogP contribution is -2.16. The minimum atomic E-state index is -0.562. The summed E-state index contributed by atoms with van der Waals surface area (Å²) in [7, 11) is 0. The van der Waals surface area contributed by atoms with E-state index in [0.29, 0.717) is 27.7 Å². The number of halogens is 2. The lowest BCUT2D eigenvalue weighted by atomic mass is 10.0. The Balaban J connectivity index is 1.68. The molecule has 1 heterocycles. The van der Waals surface area contributed by atoms with Crippen LogP contribution in [0.3, 0.4) is 0 Å².